The summed E-state index contributed by atoms with van der Waals surface area (Å²) in [4.78, 5) is 12.1. The van der Waals surface area contributed by atoms with E-state index in [4.69, 9.17) is 10.2 Å². The number of aryl methyl sites for hydroxylation is 1. The Bertz CT molecular complexity index is 802. The molecule has 7 nitrogen and oxygen atoms in total. The number of hydrogen-bond donors (Lipinski definition) is 2. The first kappa shape index (κ1) is 17.1. The summed E-state index contributed by atoms with van der Waals surface area (Å²) in [6.45, 7) is 0.414. The predicted octanol–water partition coefficient (Wildman–Crippen LogP) is 2.10. The summed E-state index contributed by atoms with van der Waals surface area (Å²) >= 11 is 1.53. The molecule has 25 heavy (non-hydrogen) atoms. The molecule has 3 N–H and O–H groups in total. The van der Waals surface area contributed by atoms with Gasteiger partial charge in [-0.3, -0.25) is 9.36 Å². The highest BCUT2D eigenvalue weighted by atomic mass is 32.2. The Morgan fingerprint density at radius 3 is 2.80 bits per heavy atom. The van der Waals surface area contributed by atoms with Gasteiger partial charge in [-0.2, -0.15) is 0 Å². The third-order valence-electron chi connectivity index (χ3n) is 3.55. The number of nitrogens with one attached hydrogen (secondary N) is 1. The second-order valence-electron chi connectivity index (χ2n) is 5.37. The lowest BCUT2D eigenvalue weighted by Crippen LogP contribution is -2.27. The molecule has 0 aliphatic carbocycles. The number of nitrogens with zero attached hydrogens (tertiary/aromatic N) is 3. The van der Waals surface area contributed by atoms with Crippen LogP contribution in [0.1, 0.15) is 11.3 Å². The molecule has 0 bridgehead atoms. The van der Waals surface area contributed by atoms with Crippen LogP contribution >= 0.6 is 11.8 Å². The summed E-state index contributed by atoms with van der Waals surface area (Å²) in [5.74, 6) is 1.58. The second kappa shape index (κ2) is 8.39. The van der Waals surface area contributed by atoms with Crippen molar-refractivity contribution in [3.05, 3.63) is 60.1 Å². The number of nitrogen functional groups attached to an aromatic ring is 1. The van der Waals surface area contributed by atoms with Gasteiger partial charge in [0.05, 0.1) is 12.8 Å². The zero-order valence-corrected chi connectivity index (χ0v) is 14.4. The van der Waals surface area contributed by atoms with Crippen LogP contribution in [-0.4, -0.2) is 26.4 Å². The summed E-state index contributed by atoms with van der Waals surface area (Å²) in [7, 11) is 0. The molecule has 3 aromatic rings. The van der Waals surface area contributed by atoms with Crippen LogP contribution in [0.4, 0.5) is 5.95 Å². The molecule has 0 atom stereocenters. The maximum Gasteiger partial charge on any atom is 0.240 e. The van der Waals surface area contributed by atoms with E-state index in [-0.39, 0.29) is 18.4 Å². The molecule has 0 saturated heterocycles. The first-order chi connectivity index (χ1) is 12.2. The number of amides is 1. The number of hydrogen-bond acceptors (Lipinski definition) is 6. The maximum absolute atomic E-state index is 12.1. The fourth-order valence-corrected chi connectivity index (χ4v) is 3.19. The Kier molecular flexibility index (Phi) is 5.73. The summed E-state index contributed by atoms with van der Waals surface area (Å²) in [6.07, 6.45) is 2.48. The molecule has 0 aliphatic heterocycles. The average Bonchev–Trinajstić information content (AvgIpc) is 3.26. The van der Waals surface area contributed by atoms with Gasteiger partial charge >= 0.3 is 0 Å². The molecule has 0 aliphatic rings. The molecule has 0 saturated carbocycles. The van der Waals surface area contributed by atoms with Gasteiger partial charge in [0, 0.05) is 5.75 Å². The van der Waals surface area contributed by atoms with E-state index in [9.17, 15) is 4.79 Å². The van der Waals surface area contributed by atoms with E-state index in [0.717, 1.165) is 12.2 Å². The Morgan fingerprint density at radius 1 is 1.20 bits per heavy atom. The number of furan rings is 1. The number of anilines is 1. The highest BCUT2D eigenvalue weighted by Crippen LogP contribution is 2.19. The monoisotopic (exact) mass is 357 g/mol. The number of benzene rings is 1. The zero-order valence-electron chi connectivity index (χ0n) is 13.6. The van der Waals surface area contributed by atoms with Crippen molar-refractivity contribution in [1.82, 2.24) is 20.1 Å². The van der Waals surface area contributed by atoms with Crippen LogP contribution in [0.3, 0.4) is 0 Å². The smallest absolute Gasteiger partial charge is 0.240 e. The zero-order chi connectivity index (χ0) is 17.5. The summed E-state index contributed by atoms with van der Waals surface area (Å²) < 4.78 is 6.80. The number of carbonyl (C=O) groups is 1. The summed E-state index contributed by atoms with van der Waals surface area (Å²) in [5.41, 5.74) is 7.10. The highest BCUT2D eigenvalue weighted by Gasteiger charge is 2.13. The quantitative estimate of drug-likeness (QED) is 0.599. The molecular formula is C17H19N5O2S. The minimum atomic E-state index is -0.173. The molecule has 2 aromatic heterocycles. The number of aromatic nitrogens is 3. The minimum Gasteiger partial charge on any atom is -0.467 e. The van der Waals surface area contributed by atoms with Crippen LogP contribution in [0.2, 0.25) is 0 Å². The molecule has 0 spiro atoms. The molecule has 0 unspecified atom stereocenters. The van der Waals surface area contributed by atoms with E-state index in [1.54, 1.807) is 23.0 Å². The first-order valence-corrected chi connectivity index (χ1v) is 8.85. The van der Waals surface area contributed by atoms with Gasteiger partial charge in [-0.25, -0.2) is 0 Å². The molecule has 1 amide bonds. The van der Waals surface area contributed by atoms with Gasteiger partial charge in [0.15, 0.2) is 5.16 Å². The standard InChI is InChI=1S/C17H19N5O2S/c18-16-20-21-17(25-10-8-13-5-2-1-3-6-13)22(16)12-15(23)19-11-14-7-4-9-24-14/h1-7,9H,8,10-12H2,(H2,18,20)(H,19,23). The Balaban J connectivity index is 1.52. The Morgan fingerprint density at radius 2 is 2.04 bits per heavy atom. The van der Waals surface area contributed by atoms with Crippen LogP contribution in [0.5, 0.6) is 0 Å². The van der Waals surface area contributed by atoms with Crippen LogP contribution in [0.25, 0.3) is 0 Å². The number of nitrogens with two attached hydrogens (primary N) is 1. The van der Waals surface area contributed by atoms with Crippen molar-refractivity contribution in [3.8, 4) is 0 Å². The summed E-state index contributed by atoms with van der Waals surface area (Å²) in [6, 6.07) is 13.8. The normalized spacial score (nSPS) is 10.7. The molecule has 0 fully saturated rings. The van der Waals surface area contributed by atoms with Gasteiger partial charge < -0.3 is 15.5 Å². The van der Waals surface area contributed by atoms with Crippen molar-refractivity contribution in [2.75, 3.05) is 11.5 Å². The molecule has 1 aromatic carbocycles. The number of thioether (sulfide) groups is 1. The third-order valence-corrected chi connectivity index (χ3v) is 4.52. The van der Waals surface area contributed by atoms with Crippen molar-refractivity contribution < 1.29 is 9.21 Å². The van der Waals surface area contributed by atoms with Crippen molar-refractivity contribution >= 4 is 23.6 Å². The Labute approximate surface area is 149 Å². The van der Waals surface area contributed by atoms with E-state index in [1.165, 1.54) is 17.3 Å². The molecule has 3 rings (SSSR count). The maximum atomic E-state index is 12.1. The van der Waals surface area contributed by atoms with Crippen LogP contribution < -0.4 is 11.1 Å². The molecule has 8 heteroatoms. The third kappa shape index (κ3) is 4.87. The van der Waals surface area contributed by atoms with Crippen molar-refractivity contribution in [1.29, 1.82) is 0 Å². The highest BCUT2D eigenvalue weighted by molar-refractivity contribution is 7.99. The van der Waals surface area contributed by atoms with Gasteiger partial charge in [0.1, 0.15) is 12.3 Å². The average molecular weight is 357 g/mol. The number of rotatable bonds is 8. The van der Waals surface area contributed by atoms with Crippen molar-refractivity contribution in [2.45, 2.75) is 24.7 Å². The van der Waals surface area contributed by atoms with Crippen LogP contribution in [0.15, 0.2) is 58.3 Å². The van der Waals surface area contributed by atoms with E-state index in [1.807, 2.05) is 18.2 Å². The lowest BCUT2D eigenvalue weighted by molar-refractivity contribution is -0.122. The van der Waals surface area contributed by atoms with Gasteiger partial charge in [-0.15, -0.1) is 10.2 Å². The van der Waals surface area contributed by atoms with E-state index in [0.29, 0.717) is 17.5 Å². The lowest BCUT2D eigenvalue weighted by atomic mass is 10.2. The van der Waals surface area contributed by atoms with E-state index in [2.05, 4.69) is 27.6 Å². The second-order valence-corrected chi connectivity index (χ2v) is 6.43. The van der Waals surface area contributed by atoms with Crippen molar-refractivity contribution in [2.24, 2.45) is 0 Å². The SMILES string of the molecule is Nc1nnc(SCCc2ccccc2)n1CC(=O)NCc1ccco1. The fraction of sp³-hybridized carbons (Fsp3) is 0.235. The lowest BCUT2D eigenvalue weighted by Gasteiger charge is -2.08. The minimum absolute atomic E-state index is 0.0766. The molecule has 2 heterocycles. The molecule has 130 valence electrons. The van der Waals surface area contributed by atoms with Gasteiger partial charge in [0.2, 0.25) is 11.9 Å². The van der Waals surface area contributed by atoms with Crippen LogP contribution in [-0.2, 0) is 24.3 Å². The molecule has 0 radical (unpaired) electrons. The van der Waals surface area contributed by atoms with Gasteiger partial charge in [-0.1, -0.05) is 42.1 Å². The predicted molar refractivity (Wildman–Crippen MR) is 95.9 cm³/mol. The Hall–Kier alpha value is -2.74. The summed E-state index contributed by atoms with van der Waals surface area (Å²) in [5, 5.41) is 11.4. The fourth-order valence-electron chi connectivity index (χ4n) is 2.26. The van der Waals surface area contributed by atoms with Crippen molar-refractivity contribution in [3.63, 3.8) is 0 Å². The van der Waals surface area contributed by atoms with E-state index >= 15 is 0 Å². The van der Waals surface area contributed by atoms with Gasteiger partial charge in [0.25, 0.3) is 0 Å². The van der Waals surface area contributed by atoms with Crippen LogP contribution in [0, 0.1) is 0 Å². The van der Waals surface area contributed by atoms with E-state index < -0.39 is 0 Å². The molecular weight excluding hydrogens is 338 g/mol. The first-order valence-electron chi connectivity index (χ1n) is 7.87. The largest absolute Gasteiger partial charge is 0.467 e. The van der Waals surface area contributed by atoms with Gasteiger partial charge in [-0.05, 0) is 24.1 Å². The number of carbonyl (C=O) groups excluding carboxylic acids is 1. The topological polar surface area (TPSA) is 99.0 Å².